The molecule has 1 aliphatic heterocycles. The molecule has 5 aromatic carbocycles. The summed E-state index contributed by atoms with van der Waals surface area (Å²) in [5.41, 5.74) is 8.31. The Morgan fingerprint density at radius 2 is 1.13 bits per heavy atom. The quantitative estimate of drug-likeness (QED) is 0.0630. The minimum Gasteiger partial charge on any atom is -0.330 e. The second kappa shape index (κ2) is 18.0. The normalized spacial score (nSPS) is 15.9. The first-order valence-electron chi connectivity index (χ1n) is 18.6. The van der Waals surface area contributed by atoms with Gasteiger partial charge in [-0.2, -0.15) is 0 Å². The molecule has 270 valence electrons. The summed E-state index contributed by atoms with van der Waals surface area (Å²) in [6.45, 7) is -2.81. The summed E-state index contributed by atoms with van der Waals surface area (Å²) in [7, 11) is 0. The van der Waals surface area contributed by atoms with Gasteiger partial charge in [0, 0.05) is 6.54 Å². The molecule has 0 aromatic heterocycles. The Kier molecular flexibility index (Phi) is 12.7. The molecule has 1 aliphatic rings. The molecule has 0 bridgehead atoms. The van der Waals surface area contributed by atoms with Gasteiger partial charge < -0.3 is 11.1 Å². The molecule has 6 rings (SSSR count). The molecule has 4 N–H and O–H groups in total. The fourth-order valence-corrected chi connectivity index (χ4v) is 11.9. The number of halogens is 1. The number of unbranched alkanes of at least 4 members (excludes halogenated alkanes) is 6. The van der Waals surface area contributed by atoms with Gasteiger partial charge in [-0.3, -0.25) is 10.3 Å². The first-order chi connectivity index (χ1) is 25.5. The monoisotopic (exact) mass is 715 g/mol. The van der Waals surface area contributed by atoms with Crippen molar-refractivity contribution in [2.45, 2.75) is 57.5 Å². The molecule has 0 fully saturated rings. The summed E-state index contributed by atoms with van der Waals surface area (Å²) in [5, 5.41) is 8.81. The van der Waals surface area contributed by atoms with Crippen LogP contribution in [0, 0.1) is 0 Å². The van der Waals surface area contributed by atoms with Gasteiger partial charge in [0.05, 0.1) is 0 Å². The average molecular weight is 716 g/mol. The summed E-state index contributed by atoms with van der Waals surface area (Å²) in [4.78, 5) is 9.16. The SMILES string of the molecule is NC1=NC(c2ccc(OCCCCCCCCCP(F)(c3ccccc3)(c3ccccc3)c3ccccc3)cc2)NC(=NCCc2ccccc2)N1. The van der Waals surface area contributed by atoms with Gasteiger partial charge in [-0.05, 0) is 17.5 Å². The number of guanidine groups is 2. The van der Waals surface area contributed by atoms with Crippen LogP contribution in [0.3, 0.4) is 0 Å². The number of rotatable bonds is 18. The number of benzene rings is 5. The van der Waals surface area contributed by atoms with Crippen molar-refractivity contribution >= 4 is 34.7 Å². The van der Waals surface area contributed by atoms with Crippen LogP contribution < -0.4 is 37.0 Å². The molecule has 1 unspecified atom stereocenters. The summed E-state index contributed by atoms with van der Waals surface area (Å²) >= 11 is 0. The van der Waals surface area contributed by atoms with Gasteiger partial charge >= 0.3 is 198 Å². The number of nitrogens with zero attached hydrogens (tertiary/aromatic N) is 2. The van der Waals surface area contributed by atoms with E-state index in [9.17, 15) is 0 Å². The third kappa shape index (κ3) is 9.07. The van der Waals surface area contributed by atoms with Crippen LogP contribution in [0.25, 0.3) is 0 Å². The number of aliphatic imine (C=N–C) groups is 2. The molecule has 0 saturated carbocycles. The fourth-order valence-electron chi connectivity index (χ4n) is 7.06. The van der Waals surface area contributed by atoms with Crippen LogP contribution in [-0.4, -0.2) is 31.2 Å². The predicted molar refractivity (Wildman–Crippen MR) is 218 cm³/mol. The molecular formula is C44H51FN5OP. The van der Waals surface area contributed by atoms with Crippen molar-refractivity contribution in [3.63, 3.8) is 0 Å². The first kappa shape index (κ1) is 36.8. The molecule has 8 heteroatoms. The number of hydrogen-bond acceptors (Lipinski definition) is 4. The summed E-state index contributed by atoms with van der Waals surface area (Å²) in [6, 6.07) is 48.0. The van der Waals surface area contributed by atoms with E-state index < -0.39 is 6.91 Å². The Morgan fingerprint density at radius 3 is 1.69 bits per heavy atom. The zero-order valence-electron chi connectivity index (χ0n) is 29.9. The number of nitrogens with two attached hydrogens (primary N) is 1. The van der Waals surface area contributed by atoms with E-state index in [0.29, 0.717) is 31.2 Å². The van der Waals surface area contributed by atoms with Crippen LogP contribution in [-0.2, 0) is 6.42 Å². The minimum atomic E-state index is -4.13. The van der Waals surface area contributed by atoms with Gasteiger partial charge in [-0.15, -0.1) is 0 Å². The first-order valence-corrected chi connectivity index (χ1v) is 20.9. The van der Waals surface area contributed by atoms with Gasteiger partial charge in [0.25, 0.3) is 0 Å². The van der Waals surface area contributed by atoms with E-state index in [2.05, 4.69) is 32.8 Å². The predicted octanol–water partition coefficient (Wildman–Crippen LogP) is 8.32. The summed E-state index contributed by atoms with van der Waals surface area (Å²) in [5.74, 6) is 1.81. The third-order valence-electron chi connectivity index (χ3n) is 9.87. The van der Waals surface area contributed by atoms with Crippen molar-refractivity contribution in [2.24, 2.45) is 15.7 Å². The van der Waals surface area contributed by atoms with Gasteiger partial charge in [0.1, 0.15) is 0 Å². The van der Waals surface area contributed by atoms with E-state index in [0.717, 1.165) is 78.6 Å². The Bertz CT molecular complexity index is 1770. The van der Waals surface area contributed by atoms with E-state index in [1.54, 1.807) is 0 Å². The Labute approximate surface area is 308 Å². The summed E-state index contributed by atoms with van der Waals surface area (Å²) < 4.78 is 24.6. The number of hydrogen-bond donors (Lipinski definition) is 3. The third-order valence-corrected chi connectivity index (χ3v) is 15.2. The van der Waals surface area contributed by atoms with E-state index in [-0.39, 0.29) is 6.17 Å². The topological polar surface area (TPSA) is 84.0 Å². The van der Waals surface area contributed by atoms with E-state index in [1.165, 1.54) is 5.56 Å². The van der Waals surface area contributed by atoms with Gasteiger partial charge in [0.15, 0.2) is 18.1 Å². The van der Waals surface area contributed by atoms with Crippen LogP contribution >= 0.6 is 6.91 Å². The van der Waals surface area contributed by atoms with E-state index in [1.807, 2.05) is 133 Å². The number of ether oxygens (including phenoxy) is 1. The fraction of sp³-hybridized carbons (Fsp3) is 0.273. The van der Waals surface area contributed by atoms with Crippen molar-refractivity contribution in [3.05, 3.63) is 157 Å². The molecule has 0 radical (unpaired) electrons. The molecule has 0 aliphatic carbocycles. The van der Waals surface area contributed by atoms with Crippen LogP contribution in [0.1, 0.15) is 62.2 Å². The Balaban J connectivity index is 0.923. The maximum atomic E-state index is 18.6. The maximum absolute atomic E-state index is 18.6. The summed E-state index contributed by atoms with van der Waals surface area (Å²) in [6.07, 6.45) is 8.42. The zero-order chi connectivity index (χ0) is 35.9. The Morgan fingerprint density at radius 1 is 0.635 bits per heavy atom. The van der Waals surface area contributed by atoms with Crippen molar-refractivity contribution in [1.82, 2.24) is 10.6 Å². The minimum absolute atomic E-state index is 0.310. The molecule has 5 aromatic rings. The van der Waals surface area contributed by atoms with Crippen molar-refractivity contribution < 1.29 is 8.93 Å². The second-order valence-electron chi connectivity index (χ2n) is 13.5. The van der Waals surface area contributed by atoms with Gasteiger partial charge in [-0.1, -0.05) is 42.5 Å². The smallest absolute Gasteiger partial charge is 0.330 e. The molecule has 52 heavy (non-hydrogen) atoms. The zero-order valence-corrected chi connectivity index (χ0v) is 30.8. The van der Waals surface area contributed by atoms with Crippen LogP contribution in [0.4, 0.5) is 4.20 Å². The van der Waals surface area contributed by atoms with Crippen molar-refractivity contribution in [3.8, 4) is 5.75 Å². The standard InChI is InChI=1S/C44H51FN5OP/c45-52(39-22-12-7-13-23-39,40-24-14-8-15-25-40,41-26-16-9-17-27-41)35-19-5-3-1-2-4-18-34-51-38-30-28-37(29-31-38)42-48-43(46)50-44(49-42)47-33-32-36-20-10-6-11-21-36/h6-17,20-31,42H,1-5,18-19,32-35H2,(H4,46,47,48,49,50). The van der Waals surface area contributed by atoms with E-state index in [4.69, 9.17) is 10.5 Å². The van der Waals surface area contributed by atoms with Crippen molar-refractivity contribution in [1.29, 1.82) is 0 Å². The van der Waals surface area contributed by atoms with Crippen molar-refractivity contribution in [2.75, 3.05) is 19.3 Å². The Hall–Kier alpha value is -5.00. The van der Waals surface area contributed by atoms with Crippen LogP contribution in [0.5, 0.6) is 5.75 Å². The van der Waals surface area contributed by atoms with E-state index >= 15 is 4.20 Å². The van der Waals surface area contributed by atoms with Crippen LogP contribution in [0.2, 0.25) is 0 Å². The molecule has 0 amide bonds. The average Bonchev–Trinajstić information content (AvgIpc) is 3.20. The van der Waals surface area contributed by atoms with Gasteiger partial charge in [-0.25, -0.2) is 4.99 Å². The molecule has 0 saturated heterocycles. The molecule has 0 spiro atoms. The molecule has 1 heterocycles. The second-order valence-corrected chi connectivity index (χ2v) is 17.8. The molecule has 6 nitrogen and oxygen atoms in total. The van der Waals surface area contributed by atoms with Gasteiger partial charge in [0.2, 0.25) is 0 Å². The number of nitrogens with one attached hydrogen (secondary N) is 2. The molecular weight excluding hydrogens is 664 g/mol. The molecule has 1 atom stereocenters. The van der Waals surface area contributed by atoms with Crippen LogP contribution in [0.15, 0.2) is 156 Å².